The van der Waals surface area contributed by atoms with Gasteiger partial charge in [0.1, 0.15) is 0 Å². The normalized spacial score (nSPS) is 17.9. The topological polar surface area (TPSA) is 15.3 Å². The Bertz CT molecular complexity index is 607. The van der Waals surface area contributed by atoms with Gasteiger partial charge >= 0.3 is 0 Å². The Labute approximate surface area is 145 Å². The Hall–Kier alpha value is -0.870. The van der Waals surface area contributed by atoms with Crippen molar-refractivity contribution < 1.29 is 0 Å². The van der Waals surface area contributed by atoms with Crippen LogP contribution in [0.5, 0.6) is 0 Å². The highest BCUT2D eigenvalue weighted by Gasteiger charge is 2.24. The summed E-state index contributed by atoms with van der Waals surface area (Å²) in [6.45, 7) is 4.23. The van der Waals surface area contributed by atoms with E-state index in [1.165, 1.54) is 11.1 Å². The van der Waals surface area contributed by atoms with Gasteiger partial charge in [0.2, 0.25) is 0 Å². The molecule has 22 heavy (non-hydrogen) atoms. The second-order valence-corrected chi connectivity index (χ2v) is 6.94. The summed E-state index contributed by atoms with van der Waals surface area (Å²) in [5, 5.41) is 4.32. The molecule has 3 rings (SSSR count). The fraction of sp³-hybridized carbons (Fsp3) is 0.333. The number of nitrogens with zero attached hydrogens (tertiary/aromatic N) is 1. The third kappa shape index (κ3) is 3.72. The van der Waals surface area contributed by atoms with Crippen LogP contribution < -0.4 is 5.32 Å². The first-order valence-corrected chi connectivity index (χ1v) is 8.87. The third-order valence-electron chi connectivity index (χ3n) is 4.13. The van der Waals surface area contributed by atoms with Crippen LogP contribution in [0.1, 0.15) is 23.6 Å². The van der Waals surface area contributed by atoms with Crippen LogP contribution in [-0.4, -0.2) is 31.1 Å². The van der Waals surface area contributed by atoms with Crippen LogP contribution in [-0.2, 0) is 0 Å². The molecule has 1 N–H and O–H groups in total. The third-order valence-corrected chi connectivity index (χ3v) is 5.00. The number of halogens is 2. The van der Waals surface area contributed by atoms with Crippen molar-refractivity contribution in [2.24, 2.45) is 0 Å². The lowest BCUT2D eigenvalue weighted by Crippen LogP contribution is -2.33. The minimum atomic E-state index is 0.210. The molecule has 1 atom stereocenters. The summed E-state index contributed by atoms with van der Waals surface area (Å²) in [5.41, 5.74) is 2.48. The molecule has 2 aromatic carbocycles. The molecule has 0 aromatic heterocycles. The van der Waals surface area contributed by atoms with Gasteiger partial charge in [-0.1, -0.05) is 57.9 Å². The molecular formula is C18H20BrClN2. The largest absolute Gasteiger partial charge is 0.315 e. The molecule has 0 saturated carbocycles. The van der Waals surface area contributed by atoms with Gasteiger partial charge in [-0.15, -0.1) is 0 Å². The van der Waals surface area contributed by atoms with E-state index in [0.717, 1.165) is 42.1 Å². The molecular weight excluding hydrogens is 360 g/mol. The highest BCUT2D eigenvalue weighted by atomic mass is 79.9. The molecule has 1 fully saturated rings. The van der Waals surface area contributed by atoms with Crippen LogP contribution in [0.15, 0.2) is 53.0 Å². The van der Waals surface area contributed by atoms with E-state index in [9.17, 15) is 0 Å². The summed E-state index contributed by atoms with van der Waals surface area (Å²) in [7, 11) is 0. The summed E-state index contributed by atoms with van der Waals surface area (Å²) in [6, 6.07) is 17.0. The molecule has 0 radical (unpaired) electrons. The summed E-state index contributed by atoms with van der Waals surface area (Å²) in [5.74, 6) is 0. The zero-order chi connectivity index (χ0) is 15.4. The number of benzene rings is 2. The van der Waals surface area contributed by atoms with Gasteiger partial charge in [-0.05, 0) is 42.3 Å². The van der Waals surface area contributed by atoms with E-state index in [1.54, 1.807) is 0 Å². The lowest BCUT2D eigenvalue weighted by molar-refractivity contribution is 0.241. The van der Waals surface area contributed by atoms with Crippen molar-refractivity contribution in [3.8, 4) is 0 Å². The maximum absolute atomic E-state index is 6.51. The van der Waals surface area contributed by atoms with E-state index in [2.05, 4.69) is 62.5 Å². The van der Waals surface area contributed by atoms with E-state index < -0.39 is 0 Å². The zero-order valence-corrected chi connectivity index (χ0v) is 14.8. The number of nitrogens with one attached hydrogen (secondary N) is 1. The smallest absolute Gasteiger partial charge is 0.0616 e. The second kappa shape index (κ2) is 7.60. The van der Waals surface area contributed by atoms with Gasteiger partial charge in [-0.3, -0.25) is 4.90 Å². The fourth-order valence-corrected chi connectivity index (χ4v) is 3.56. The highest BCUT2D eigenvalue weighted by Crippen LogP contribution is 2.34. The second-order valence-electron chi connectivity index (χ2n) is 5.62. The summed E-state index contributed by atoms with van der Waals surface area (Å²) < 4.78 is 1.10. The van der Waals surface area contributed by atoms with Crippen molar-refractivity contribution in [1.29, 1.82) is 0 Å². The van der Waals surface area contributed by atoms with E-state index in [-0.39, 0.29) is 6.04 Å². The standard InChI is InChI=1S/C18H20BrClN2/c19-15-8-6-14(7-9-15)18(16-4-1-2-5-17(16)20)22-12-3-10-21-11-13-22/h1-2,4-9,18,21H,3,10-13H2. The lowest BCUT2D eigenvalue weighted by Gasteiger charge is -2.32. The maximum atomic E-state index is 6.51. The molecule has 0 bridgehead atoms. The van der Waals surface area contributed by atoms with Crippen LogP contribution in [0.4, 0.5) is 0 Å². The quantitative estimate of drug-likeness (QED) is 0.845. The van der Waals surface area contributed by atoms with Crippen molar-refractivity contribution >= 4 is 27.5 Å². The van der Waals surface area contributed by atoms with Crippen LogP contribution >= 0.6 is 27.5 Å². The zero-order valence-electron chi connectivity index (χ0n) is 12.4. The van der Waals surface area contributed by atoms with Gasteiger partial charge < -0.3 is 5.32 Å². The van der Waals surface area contributed by atoms with Crippen LogP contribution in [0.25, 0.3) is 0 Å². The van der Waals surface area contributed by atoms with Crippen LogP contribution in [0.3, 0.4) is 0 Å². The first-order valence-electron chi connectivity index (χ1n) is 7.70. The molecule has 116 valence electrons. The molecule has 1 unspecified atom stereocenters. The predicted octanol–water partition coefficient (Wildman–Crippen LogP) is 4.49. The Morgan fingerprint density at radius 1 is 1.00 bits per heavy atom. The van der Waals surface area contributed by atoms with Gasteiger partial charge in [-0.25, -0.2) is 0 Å². The Balaban J connectivity index is 2.01. The first-order chi connectivity index (χ1) is 10.8. The van der Waals surface area contributed by atoms with Gasteiger partial charge in [0.05, 0.1) is 6.04 Å². The number of hydrogen-bond donors (Lipinski definition) is 1. The molecule has 0 aliphatic carbocycles. The van der Waals surface area contributed by atoms with E-state index in [0.29, 0.717) is 0 Å². The SMILES string of the molecule is Clc1ccccc1C(c1ccc(Br)cc1)N1CCCNCC1. The molecule has 2 aromatic rings. The Kier molecular flexibility index (Phi) is 5.53. The molecule has 1 saturated heterocycles. The fourth-order valence-electron chi connectivity index (χ4n) is 3.05. The Morgan fingerprint density at radius 2 is 1.77 bits per heavy atom. The summed E-state index contributed by atoms with van der Waals surface area (Å²) in [6.07, 6.45) is 1.16. The molecule has 1 heterocycles. The minimum Gasteiger partial charge on any atom is -0.315 e. The molecule has 4 heteroatoms. The van der Waals surface area contributed by atoms with Gasteiger partial charge in [0, 0.05) is 29.1 Å². The van der Waals surface area contributed by atoms with Gasteiger partial charge in [0.25, 0.3) is 0 Å². The van der Waals surface area contributed by atoms with E-state index >= 15 is 0 Å². The number of rotatable bonds is 3. The number of hydrogen-bond acceptors (Lipinski definition) is 2. The van der Waals surface area contributed by atoms with Crippen molar-refractivity contribution in [2.75, 3.05) is 26.2 Å². The summed E-state index contributed by atoms with van der Waals surface area (Å²) in [4.78, 5) is 2.53. The van der Waals surface area contributed by atoms with Crippen LogP contribution in [0.2, 0.25) is 5.02 Å². The summed E-state index contributed by atoms with van der Waals surface area (Å²) >= 11 is 10.0. The maximum Gasteiger partial charge on any atom is 0.0616 e. The first kappa shape index (κ1) is 16.0. The van der Waals surface area contributed by atoms with E-state index in [1.807, 2.05) is 12.1 Å². The molecule has 0 spiro atoms. The van der Waals surface area contributed by atoms with Crippen molar-refractivity contribution in [3.05, 3.63) is 69.2 Å². The molecule has 2 nitrogen and oxygen atoms in total. The molecule has 0 amide bonds. The van der Waals surface area contributed by atoms with Crippen molar-refractivity contribution in [2.45, 2.75) is 12.5 Å². The monoisotopic (exact) mass is 378 g/mol. The van der Waals surface area contributed by atoms with Crippen molar-refractivity contribution in [3.63, 3.8) is 0 Å². The van der Waals surface area contributed by atoms with Gasteiger partial charge in [-0.2, -0.15) is 0 Å². The highest BCUT2D eigenvalue weighted by molar-refractivity contribution is 9.10. The average Bonchev–Trinajstić information content (AvgIpc) is 2.80. The predicted molar refractivity (Wildman–Crippen MR) is 96.5 cm³/mol. The van der Waals surface area contributed by atoms with Crippen molar-refractivity contribution in [1.82, 2.24) is 10.2 Å². The van der Waals surface area contributed by atoms with E-state index in [4.69, 9.17) is 11.6 Å². The Morgan fingerprint density at radius 3 is 2.55 bits per heavy atom. The molecule has 1 aliphatic rings. The minimum absolute atomic E-state index is 0.210. The lowest BCUT2D eigenvalue weighted by atomic mass is 9.96. The van der Waals surface area contributed by atoms with Gasteiger partial charge in [0.15, 0.2) is 0 Å². The molecule has 1 aliphatic heterocycles. The van der Waals surface area contributed by atoms with Crippen LogP contribution in [0, 0.1) is 0 Å². The average molecular weight is 380 g/mol.